The van der Waals surface area contributed by atoms with Gasteiger partial charge in [-0.2, -0.15) is 0 Å². The molecular formula is C17H27ClN4O3. The molecule has 3 heterocycles. The Morgan fingerprint density at radius 2 is 2.00 bits per heavy atom. The van der Waals surface area contributed by atoms with Crippen LogP contribution in [0.25, 0.3) is 0 Å². The Labute approximate surface area is 154 Å². The van der Waals surface area contributed by atoms with E-state index in [2.05, 4.69) is 20.6 Å². The summed E-state index contributed by atoms with van der Waals surface area (Å²) in [4.78, 5) is 21.1. The molecule has 0 saturated carbocycles. The predicted molar refractivity (Wildman–Crippen MR) is 96.0 cm³/mol. The van der Waals surface area contributed by atoms with Gasteiger partial charge in [0.25, 0.3) is 5.91 Å². The van der Waals surface area contributed by atoms with Crippen LogP contribution in [-0.4, -0.2) is 57.9 Å². The van der Waals surface area contributed by atoms with E-state index in [9.17, 15) is 9.90 Å². The molecule has 1 aromatic heterocycles. The van der Waals surface area contributed by atoms with Crippen LogP contribution >= 0.6 is 12.4 Å². The van der Waals surface area contributed by atoms with Crippen LogP contribution in [0.15, 0.2) is 6.07 Å². The number of carbonyl (C=O) groups is 1. The Hall–Kier alpha value is -1.28. The molecule has 0 aliphatic carbocycles. The summed E-state index contributed by atoms with van der Waals surface area (Å²) in [6.07, 6.45) is 1.29. The largest absolute Gasteiger partial charge is 0.388 e. The quantitative estimate of drug-likeness (QED) is 0.716. The number of piperidine rings is 1. The molecule has 1 spiro atoms. The van der Waals surface area contributed by atoms with Crippen molar-refractivity contribution in [1.82, 2.24) is 20.6 Å². The van der Waals surface area contributed by atoms with Crippen molar-refractivity contribution in [1.29, 1.82) is 0 Å². The number of rotatable bonds is 2. The van der Waals surface area contributed by atoms with Crippen LogP contribution in [0, 0.1) is 13.8 Å². The number of aliphatic hydroxyl groups is 1. The first kappa shape index (κ1) is 20.0. The Morgan fingerprint density at radius 3 is 2.64 bits per heavy atom. The minimum atomic E-state index is -0.756. The van der Waals surface area contributed by atoms with Gasteiger partial charge in [0.2, 0.25) is 0 Å². The zero-order chi connectivity index (χ0) is 17.4. The second-order valence-electron chi connectivity index (χ2n) is 7.13. The van der Waals surface area contributed by atoms with Crippen LogP contribution in [0.4, 0.5) is 0 Å². The summed E-state index contributed by atoms with van der Waals surface area (Å²) in [6.45, 7) is 7.63. The van der Waals surface area contributed by atoms with Crippen molar-refractivity contribution in [2.75, 3.05) is 19.7 Å². The average molecular weight is 371 g/mol. The van der Waals surface area contributed by atoms with Gasteiger partial charge in [0.05, 0.1) is 11.1 Å². The van der Waals surface area contributed by atoms with Gasteiger partial charge in [0.15, 0.2) is 0 Å². The summed E-state index contributed by atoms with van der Waals surface area (Å²) in [7, 11) is 0. The highest BCUT2D eigenvalue weighted by Gasteiger charge is 2.53. The van der Waals surface area contributed by atoms with E-state index in [1.807, 2.05) is 13.8 Å². The second kappa shape index (κ2) is 7.53. The molecule has 2 atom stereocenters. The smallest absolute Gasteiger partial charge is 0.270 e. The van der Waals surface area contributed by atoms with E-state index in [0.29, 0.717) is 24.5 Å². The molecule has 140 valence electrons. The minimum absolute atomic E-state index is 0. The number of carbonyl (C=O) groups excluding carboxylic acids is 1. The van der Waals surface area contributed by atoms with Gasteiger partial charge in [-0.3, -0.25) is 4.79 Å². The lowest BCUT2D eigenvalue weighted by Crippen LogP contribution is -2.69. The first-order valence-corrected chi connectivity index (χ1v) is 8.52. The topological polar surface area (TPSA) is 96.4 Å². The fraction of sp³-hybridized carbons (Fsp3) is 0.706. The number of ether oxygens (including phenoxy) is 1. The standard InChI is InChI=1S/C17H26N4O3.ClH/c1-11-10-13(20-12(2)19-11)14(22)21-16(3)6-9-24-17(15(16)23)4-7-18-8-5-17;/h10,15,18,23H,4-9H2,1-3H3,(H,21,22);1H/t15-,16+;/m0./s1. The molecule has 0 radical (unpaired) electrons. The minimum Gasteiger partial charge on any atom is -0.388 e. The molecule has 2 saturated heterocycles. The molecule has 2 fully saturated rings. The lowest BCUT2D eigenvalue weighted by molar-refractivity contribution is -0.197. The van der Waals surface area contributed by atoms with Crippen LogP contribution < -0.4 is 10.6 Å². The van der Waals surface area contributed by atoms with Crippen LogP contribution in [0.3, 0.4) is 0 Å². The molecule has 7 nitrogen and oxygen atoms in total. The number of nitrogens with one attached hydrogen (secondary N) is 2. The summed E-state index contributed by atoms with van der Waals surface area (Å²) >= 11 is 0. The molecular weight excluding hydrogens is 344 g/mol. The number of hydrogen-bond donors (Lipinski definition) is 3. The molecule has 3 rings (SSSR count). The van der Waals surface area contributed by atoms with Crippen molar-refractivity contribution in [3.05, 3.63) is 23.3 Å². The zero-order valence-electron chi connectivity index (χ0n) is 15.0. The van der Waals surface area contributed by atoms with E-state index < -0.39 is 17.2 Å². The number of nitrogens with zero attached hydrogens (tertiary/aromatic N) is 2. The second-order valence-corrected chi connectivity index (χ2v) is 7.13. The third-order valence-corrected chi connectivity index (χ3v) is 5.16. The predicted octanol–water partition coefficient (Wildman–Crippen LogP) is 0.907. The molecule has 3 N–H and O–H groups in total. The molecule has 0 bridgehead atoms. The third kappa shape index (κ3) is 3.95. The lowest BCUT2D eigenvalue weighted by Gasteiger charge is -2.52. The van der Waals surface area contributed by atoms with Gasteiger partial charge in [-0.05, 0) is 59.2 Å². The van der Waals surface area contributed by atoms with Gasteiger partial charge in [-0.1, -0.05) is 0 Å². The number of halogens is 1. The van der Waals surface area contributed by atoms with Crippen molar-refractivity contribution < 1.29 is 14.6 Å². The van der Waals surface area contributed by atoms with Gasteiger partial charge in [-0.25, -0.2) is 9.97 Å². The summed E-state index contributed by atoms with van der Waals surface area (Å²) < 4.78 is 5.97. The van der Waals surface area contributed by atoms with Crippen LogP contribution in [-0.2, 0) is 4.74 Å². The van der Waals surface area contributed by atoms with Gasteiger partial charge < -0.3 is 20.5 Å². The first-order valence-electron chi connectivity index (χ1n) is 8.52. The number of aliphatic hydroxyl groups excluding tert-OH is 1. The van der Waals surface area contributed by atoms with Crippen molar-refractivity contribution in [3.63, 3.8) is 0 Å². The molecule has 8 heteroatoms. The maximum absolute atomic E-state index is 12.7. The molecule has 1 amide bonds. The van der Waals surface area contributed by atoms with Crippen LogP contribution in [0.2, 0.25) is 0 Å². The summed E-state index contributed by atoms with van der Waals surface area (Å²) in [5.41, 5.74) is -0.234. The number of aryl methyl sites for hydroxylation is 2. The molecule has 2 aliphatic rings. The fourth-order valence-corrected chi connectivity index (χ4v) is 3.82. The molecule has 0 unspecified atom stereocenters. The van der Waals surface area contributed by atoms with Gasteiger partial charge in [0.1, 0.15) is 17.6 Å². The van der Waals surface area contributed by atoms with Crippen molar-refractivity contribution in [2.24, 2.45) is 0 Å². The third-order valence-electron chi connectivity index (χ3n) is 5.16. The first-order chi connectivity index (χ1) is 11.3. The highest BCUT2D eigenvalue weighted by atomic mass is 35.5. The maximum Gasteiger partial charge on any atom is 0.270 e. The summed E-state index contributed by atoms with van der Waals surface area (Å²) in [5, 5.41) is 17.3. The van der Waals surface area contributed by atoms with E-state index in [-0.39, 0.29) is 18.3 Å². The molecule has 1 aromatic rings. The van der Waals surface area contributed by atoms with Gasteiger partial charge in [0, 0.05) is 12.3 Å². The molecule has 2 aliphatic heterocycles. The zero-order valence-corrected chi connectivity index (χ0v) is 15.8. The van der Waals surface area contributed by atoms with Gasteiger partial charge >= 0.3 is 0 Å². The SMILES string of the molecule is Cc1cc(C(=O)N[C@]2(C)CCOC3(CCNCC3)[C@H]2O)nc(C)n1.Cl. The van der Waals surface area contributed by atoms with E-state index in [1.54, 1.807) is 13.0 Å². The van der Waals surface area contributed by atoms with E-state index >= 15 is 0 Å². The maximum atomic E-state index is 12.7. The van der Waals surface area contributed by atoms with Crippen molar-refractivity contribution in [3.8, 4) is 0 Å². The van der Waals surface area contributed by atoms with Crippen molar-refractivity contribution >= 4 is 18.3 Å². The Bertz CT molecular complexity index is 611. The van der Waals surface area contributed by atoms with E-state index in [1.165, 1.54) is 0 Å². The molecule has 0 aromatic carbocycles. The summed E-state index contributed by atoms with van der Waals surface area (Å²) in [5.74, 6) is 0.281. The number of aromatic nitrogens is 2. The fourth-order valence-electron chi connectivity index (χ4n) is 3.82. The highest BCUT2D eigenvalue weighted by Crippen LogP contribution is 2.38. The van der Waals surface area contributed by atoms with Crippen molar-refractivity contribution in [2.45, 2.75) is 57.3 Å². The van der Waals surface area contributed by atoms with Gasteiger partial charge in [-0.15, -0.1) is 12.4 Å². The average Bonchev–Trinajstić information content (AvgIpc) is 2.53. The van der Waals surface area contributed by atoms with E-state index in [0.717, 1.165) is 31.6 Å². The lowest BCUT2D eigenvalue weighted by atomic mass is 9.73. The summed E-state index contributed by atoms with van der Waals surface area (Å²) in [6, 6.07) is 1.66. The Kier molecular flexibility index (Phi) is 6.04. The Balaban J connectivity index is 0.00000225. The highest BCUT2D eigenvalue weighted by molar-refractivity contribution is 5.93. The Morgan fingerprint density at radius 1 is 1.32 bits per heavy atom. The van der Waals surface area contributed by atoms with Crippen LogP contribution in [0.1, 0.15) is 48.2 Å². The van der Waals surface area contributed by atoms with Crippen LogP contribution in [0.5, 0.6) is 0 Å². The number of amides is 1. The van der Waals surface area contributed by atoms with E-state index in [4.69, 9.17) is 4.74 Å². The normalized spacial score (nSPS) is 28.2. The number of hydrogen-bond acceptors (Lipinski definition) is 6. The monoisotopic (exact) mass is 370 g/mol. The molecule has 25 heavy (non-hydrogen) atoms.